The van der Waals surface area contributed by atoms with Crippen molar-refractivity contribution in [3.63, 3.8) is 0 Å². The van der Waals surface area contributed by atoms with Crippen LogP contribution in [-0.2, 0) is 6.54 Å². The molecule has 0 saturated carbocycles. The molecular weight excluding hydrogens is 240 g/mol. The van der Waals surface area contributed by atoms with Crippen LogP contribution in [0.15, 0.2) is 48.8 Å². The van der Waals surface area contributed by atoms with Crippen LogP contribution in [0, 0.1) is 0 Å². The number of rotatable bonds is 4. The van der Waals surface area contributed by atoms with Gasteiger partial charge < -0.3 is 9.64 Å². The minimum absolute atomic E-state index is 0.0682. The molecule has 0 aliphatic rings. The van der Waals surface area contributed by atoms with E-state index in [1.165, 1.54) is 0 Å². The average Bonchev–Trinajstić information content (AvgIpc) is 2.47. The zero-order valence-electron chi connectivity index (χ0n) is 11.0. The molecule has 2 aromatic rings. The second-order valence-corrected chi connectivity index (χ2v) is 4.22. The monoisotopic (exact) mass is 256 g/mol. The Bertz CT molecular complexity index is 555. The molecule has 0 radical (unpaired) electrons. The van der Waals surface area contributed by atoms with Gasteiger partial charge in [-0.1, -0.05) is 18.2 Å². The number of amides is 1. The van der Waals surface area contributed by atoms with Gasteiger partial charge in [-0.25, -0.2) is 0 Å². The summed E-state index contributed by atoms with van der Waals surface area (Å²) in [6, 6.07) is 11.0. The highest BCUT2D eigenvalue weighted by molar-refractivity contribution is 5.96. The second-order valence-electron chi connectivity index (χ2n) is 4.22. The molecule has 0 atom stereocenters. The maximum Gasteiger partial charge on any atom is 0.257 e. The lowest BCUT2D eigenvalue weighted by atomic mass is 10.1. The fraction of sp³-hybridized carbons (Fsp3) is 0.200. The molecule has 2 rings (SSSR count). The first-order valence-electron chi connectivity index (χ1n) is 5.99. The molecule has 98 valence electrons. The van der Waals surface area contributed by atoms with E-state index in [0.29, 0.717) is 17.9 Å². The molecule has 0 aliphatic heterocycles. The van der Waals surface area contributed by atoms with E-state index >= 15 is 0 Å². The van der Waals surface area contributed by atoms with E-state index in [1.807, 2.05) is 24.3 Å². The Morgan fingerprint density at radius 2 is 2.05 bits per heavy atom. The molecule has 1 aromatic heterocycles. The summed E-state index contributed by atoms with van der Waals surface area (Å²) in [5, 5.41) is 0. The Labute approximate surface area is 112 Å². The van der Waals surface area contributed by atoms with Crippen molar-refractivity contribution < 1.29 is 9.53 Å². The highest BCUT2D eigenvalue weighted by Gasteiger charge is 2.16. The van der Waals surface area contributed by atoms with Gasteiger partial charge in [0, 0.05) is 26.0 Å². The van der Waals surface area contributed by atoms with E-state index in [-0.39, 0.29) is 5.91 Å². The lowest BCUT2D eigenvalue weighted by Gasteiger charge is -2.18. The Kier molecular flexibility index (Phi) is 4.13. The first-order chi connectivity index (χ1) is 9.22. The number of nitrogens with zero attached hydrogens (tertiary/aromatic N) is 2. The Hall–Kier alpha value is -2.36. The van der Waals surface area contributed by atoms with Crippen molar-refractivity contribution in [1.82, 2.24) is 9.88 Å². The van der Waals surface area contributed by atoms with E-state index in [0.717, 1.165) is 5.56 Å². The maximum absolute atomic E-state index is 12.4. The molecule has 0 aliphatic carbocycles. The van der Waals surface area contributed by atoms with Gasteiger partial charge in [0.15, 0.2) is 0 Å². The van der Waals surface area contributed by atoms with Gasteiger partial charge >= 0.3 is 0 Å². The van der Waals surface area contributed by atoms with Crippen molar-refractivity contribution in [1.29, 1.82) is 0 Å². The number of para-hydroxylation sites is 1. The SMILES string of the molecule is COc1ccccc1C(=O)N(C)Cc1cccnc1. The molecule has 1 amide bonds. The fourth-order valence-corrected chi connectivity index (χ4v) is 1.86. The van der Waals surface area contributed by atoms with Gasteiger partial charge in [0.25, 0.3) is 5.91 Å². The summed E-state index contributed by atoms with van der Waals surface area (Å²) < 4.78 is 5.21. The zero-order chi connectivity index (χ0) is 13.7. The van der Waals surface area contributed by atoms with Crippen molar-refractivity contribution in [3.8, 4) is 5.75 Å². The molecule has 0 spiro atoms. The molecule has 0 saturated heterocycles. The molecule has 4 nitrogen and oxygen atoms in total. The minimum atomic E-state index is -0.0682. The summed E-state index contributed by atoms with van der Waals surface area (Å²) in [5.41, 5.74) is 1.56. The van der Waals surface area contributed by atoms with Crippen molar-refractivity contribution in [2.45, 2.75) is 6.54 Å². The van der Waals surface area contributed by atoms with Gasteiger partial charge in [-0.15, -0.1) is 0 Å². The van der Waals surface area contributed by atoms with Crippen molar-refractivity contribution in [2.75, 3.05) is 14.2 Å². The fourth-order valence-electron chi connectivity index (χ4n) is 1.86. The third-order valence-corrected chi connectivity index (χ3v) is 2.83. The van der Waals surface area contributed by atoms with Crippen LogP contribution in [0.3, 0.4) is 0 Å². The van der Waals surface area contributed by atoms with Gasteiger partial charge in [-0.05, 0) is 23.8 Å². The molecule has 19 heavy (non-hydrogen) atoms. The summed E-state index contributed by atoms with van der Waals surface area (Å²) in [6.07, 6.45) is 3.47. The molecular formula is C15H16N2O2. The quantitative estimate of drug-likeness (QED) is 0.843. The van der Waals surface area contributed by atoms with Gasteiger partial charge in [0.1, 0.15) is 5.75 Å². The second kappa shape index (κ2) is 6.00. The van der Waals surface area contributed by atoms with Crippen LogP contribution in [0.1, 0.15) is 15.9 Å². The molecule has 1 heterocycles. The van der Waals surface area contributed by atoms with Crippen LogP contribution in [0.5, 0.6) is 5.75 Å². The normalized spacial score (nSPS) is 10.0. The zero-order valence-corrected chi connectivity index (χ0v) is 11.0. The Morgan fingerprint density at radius 3 is 2.74 bits per heavy atom. The topological polar surface area (TPSA) is 42.4 Å². The number of hydrogen-bond donors (Lipinski definition) is 0. The number of hydrogen-bond acceptors (Lipinski definition) is 3. The highest BCUT2D eigenvalue weighted by atomic mass is 16.5. The number of pyridine rings is 1. The number of methoxy groups -OCH3 is 1. The van der Waals surface area contributed by atoms with E-state index < -0.39 is 0 Å². The smallest absolute Gasteiger partial charge is 0.257 e. The Balaban J connectivity index is 2.15. The van der Waals surface area contributed by atoms with Gasteiger partial charge in [0.05, 0.1) is 12.7 Å². The largest absolute Gasteiger partial charge is 0.496 e. The summed E-state index contributed by atoms with van der Waals surface area (Å²) >= 11 is 0. The standard InChI is InChI=1S/C15H16N2O2/c1-17(11-12-6-5-9-16-10-12)15(18)13-7-3-4-8-14(13)19-2/h3-10H,11H2,1-2H3. The van der Waals surface area contributed by atoms with E-state index in [9.17, 15) is 4.79 Å². The Morgan fingerprint density at radius 1 is 1.26 bits per heavy atom. The molecule has 0 fully saturated rings. The number of carbonyl (C=O) groups excluding carboxylic acids is 1. The van der Waals surface area contributed by atoms with Crippen LogP contribution in [0.25, 0.3) is 0 Å². The third-order valence-electron chi connectivity index (χ3n) is 2.83. The van der Waals surface area contributed by atoms with Crippen LogP contribution in [-0.4, -0.2) is 29.9 Å². The summed E-state index contributed by atoms with van der Waals surface area (Å²) in [4.78, 5) is 18.0. The summed E-state index contributed by atoms with van der Waals surface area (Å²) in [5.74, 6) is 0.520. The minimum Gasteiger partial charge on any atom is -0.496 e. The number of ether oxygens (including phenoxy) is 1. The molecule has 1 aromatic carbocycles. The molecule has 0 N–H and O–H groups in total. The van der Waals surface area contributed by atoms with Crippen molar-refractivity contribution >= 4 is 5.91 Å². The predicted octanol–water partition coefficient (Wildman–Crippen LogP) is 2.36. The number of aromatic nitrogens is 1. The number of benzene rings is 1. The maximum atomic E-state index is 12.4. The lowest BCUT2D eigenvalue weighted by Crippen LogP contribution is -2.26. The van der Waals surface area contributed by atoms with Gasteiger partial charge in [-0.2, -0.15) is 0 Å². The highest BCUT2D eigenvalue weighted by Crippen LogP contribution is 2.19. The van der Waals surface area contributed by atoms with Gasteiger partial charge in [0.2, 0.25) is 0 Å². The third kappa shape index (κ3) is 3.10. The van der Waals surface area contributed by atoms with Crippen LogP contribution in [0.2, 0.25) is 0 Å². The van der Waals surface area contributed by atoms with E-state index in [2.05, 4.69) is 4.98 Å². The molecule has 0 unspecified atom stereocenters. The molecule has 0 bridgehead atoms. The van der Waals surface area contributed by atoms with Crippen molar-refractivity contribution in [3.05, 3.63) is 59.9 Å². The summed E-state index contributed by atoms with van der Waals surface area (Å²) in [7, 11) is 3.33. The first kappa shape index (κ1) is 13.1. The van der Waals surface area contributed by atoms with Gasteiger partial charge in [-0.3, -0.25) is 9.78 Å². The number of carbonyl (C=O) groups is 1. The van der Waals surface area contributed by atoms with Crippen molar-refractivity contribution in [2.24, 2.45) is 0 Å². The van der Waals surface area contributed by atoms with E-state index in [4.69, 9.17) is 4.74 Å². The van der Waals surface area contributed by atoms with Crippen LogP contribution < -0.4 is 4.74 Å². The molecule has 4 heteroatoms. The van der Waals surface area contributed by atoms with E-state index in [1.54, 1.807) is 43.6 Å². The lowest BCUT2D eigenvalue weighted by molar-refractivity contribution is 0.0781. The average molecular weight is 256 g/mol. The summed E-state index contributed by atoms with van der Waals surface area (Å²) in [6.45, 7) is 0.519. The van der Waals surface area contributed by atoms with Crippen LogP contribution in [0.4, 0.5) is 0 Å². The van der Waals surface area contributed by atoms with Crippen LogP contribution >= 0.6 is 0 Å². The predicted molar refractivity (Wildman–Crippen MR) is 73.0 cm³/mol. The first-order valence-corrected chi connectivity index (χ1v) is 5.99.